The fourth-order valence-corrected chi connectivity index (χ4v) is 3.52. The monoisotopic (exact) mass is 364 g/mol. The number of carbonyl (C=O) groups is 2. The number of anilines is 1. The van der Waals surface area contributed by atoms with Gasteiger partial charge in [-0.1, -0.05) is 56.3 Å². The number of nitrogens with zero attached hydrogens (tertiary/aromatic N) is 1. The highest BCUT2D eigenvalue weighted by atomic mass is 32.1. The number of carbonyl (C=O) groups excluding carboxylic acids is 2. The smallest absolute Gasteiger partial charge is 0.267 e. The lowest BCUT2D eigenvalue weighted by Crippen LogP contribution is -2.12. The van der Waals surface area contributed by atoms with Gasteiger partial charge < -0.3 is 5.32 Å². The first kappa shape index (κ1) is 18.0. The zero-order valence-electron chi connectivity index (χ0n) is 14.9. The van der Waals surface area contributed by atoms with Crippen molar-refractivity contribution >= 4 is 28.7 Å². The van der Waals surface area contributed by atoms with Crippen LogP contribution < -0.4 is 5.32 Å². The van der Waals surface area contributed by atoms with Crippen molar-refractivity contribution in [2.24, 2.45) is 0 Å². The van der Waals surface area contributed by atoms with Crippen LogP contribution in [0.3, 0.4) is 0 Å². The van der Waals surface area contributed by atoms with Gasteiger partial charge in [0, 0.05) is 22.7 Å². The Morgan fingerprint density at radius 1 is 1.00 bits per heavy atom. The lowest BCUT2D eigenvalue weighted by molar-refractivity contribution is 0.102. The molecule has 4 nitrogen and oxygen atoms in total. The minimum atomic E-state index is -0.198. The number of thiazole rings is 1. The third-order valence-corrected chi connectivity index (χ3v) is 5.39. The van der Waals surface area contributed by atoms with Gasteiger partial charge in [-0.05, 0) is 19.1 Å². The summed E-state index contributed by atoms with van der Waals surface area (Å²) in [6.45, 7) is 5.95. The van der Waals surface area contributed by atoms with Crippen LogP contribution in [0.25, 0.3) is 0 Å². The molecule has 132 valence electrons. The maximum atomic E-state index is 12.6. The Labute approximate surface area is 156 Å². The molecule has 1 aromatic heterocycles. The van der Waals surface area contributed by atoms with Gasteiger partial charge in [0.1, 0.15) is 4.88 Å². The molecule has 3 aromatic rings. The Kier molecular flexibility index (Phi) is 5.28. The van der Waals surface area contributed by atoms with E-state index >= 15 is 0 Å². The van der Waals surface area contributed by atoms with E-state index in [1.807, 2.05) is 25.1 Å². The highest BCUT2D eigenvalue weighted by Gasteiger charge is 2.17. The van der Waals surface area contributed by atoms with Crippen molar-refractivity contribution in [3.05, 3.63) is 81.3 Å². The number of nitrogens with one attached hydrogen (secondary N) is 1. The molecule has 1 amide bonds. The molecule has 2 aromatic carbocycles. The van der Waals surface area contributed by atoms with E-state index in [9.17, 15) is 9.59 Å². The normalized spacial score (nSPS) is 10.8. The van der Waals surface area contributed by atoms with Crippen LogP contribution in [-0.2, 0) is 0 Å². The van der Waals surface area contributed by atoms with Crippen LogP contribution in [0.1, 0.15) is 56.1 Å². The summed E-state index contributed by atoms with van der Waals surface area (Å²) in [4.78, 5) is 30.2. The van der Waals surface area contributed by atoms with E-state index < -0.39 is 0 Å². The van der Waals surface area contributed by atoms with Gasteiger partial charge in [-0.15, -0.1) is 11.3 Å². The maximum Gasteiger partial charge on any atom is 0.267 e. The van der Waals surface area contributed by atoms with Gasteiger partial charge in [0.25, 0.3) is 5.91 Å². The number of amides is 1. The van der Waals surface area contributed by atoms with E-state index in [0.29, 0.717) is 21.7 Å². The van der Waals surface area contributed by atoms with Crippen molar-refractivity contribution in [1.82, 2.24) is 4.98 Å². The molecule has 0 bridgehead atoms. The van der Waals surface area contributed by atoms with Gasteiger partial charge >= 0.3 is 0 Å². The van der Waals surface area contributed by atoms with Gasteiger partial charge in [-0.25, -0.2) is 4.98 Å². The molecule has 3 rings (SSSR count). The SMILES string of the molecule is Cc1nc(C(C)C)sc1C(=O)Nc1cccc(C(=O)c2ccccc2)c1. The molecular formula is C21H20N2O2S. The lowest BCUT2D eigenvalue weighted by atomic mass is 10.0. The largest absolute Gasteiger partial charge is 0.321 e. The number of hydrogen-bond acceptors (Lipinski definition) is 4. The Morgan fingerprint density at radius 2 is 1.69 bits per heavy atom. The number of rotatable bonds is 5. The third kappa shape index (κ3) is 3.89. The molecule has 0 aliphatic heterocycles. The van der Waals surface area contributed by atoms with E-state index in [-0.39, 0.29) is 17.6 Å². The van der Waals surface area contributed by atoms with Crippen LogP contribution in [0.4, 0.5) is 5.69 Å². The fourth-order valence-electron chi connectivity index (χ4n) is 2.56. The summed E-state index contributed by atoms with van der Waals surface area (Å²) in [6, 6.07) is 16.1. The molecule has 0 spiro atoms. The number of hydrogen-bond donors (Lipinski definition) is 1. The number of aryl methyl sites for hydroxylation is 1. The molecule has 0 radical (unpaired) electrons. The molecule has 0 atom stereocenters. The van der Waals surface area contributed by atoms with Gasteiger partial charge in [0.05, 0.1) is 10.7 Å². The second-order valence-electron chi connectivity index (χ2n) is 6.35. The highest BCUT2D eigenvalue weighted by molar-refractivity contribution is 7.14. The van der Waals surface area contributed by atoms with Crippen LogP contribution >= 0.6 is 11.3 Å². The third-order valence-electron chi connectivity index (χ3n) is 3.93. The molecule has 0 saturated heterocycles. The van der Waals surface area contributed by atoms with Gasteiger partial charge in [-0.3, -0.25) is 9.59 Å². The van der Waals surface area contributed by atoms with Crippen LogP contribution in [0.5, 0.6) is 0 Å². The first-order chi connectivity index (χ1) is 12.5. The van der Waals surface area contributed by atoms with Gasteiger partial charge in [0.2, 0.25) is 0 Å². The first-order valence-electron chi connectivity index (χ1n) is 8.44. The second kappa shape index (κ2) is 7.62. The molecule has 5 heteroatoms. The Balaban J connectivity index is 1.81. The fraction of sp³-hybridized carbons (Fsp3) is 0.190. The van der Waals surface area contributed by atoms with E-state index in [1.54, 1.807) is 36.4 Å². The average molecular weight is 364 g/mol. The average Bonchev–Trinajstić information content (AvgIpc) is 3.04. The quantitative estimate of drug-likeness (QED) is 0.644. The highest BCUT2D eigenvalue weighted by Crippen LogP contribution is 2.25. The minimum Gasteiger partial charge on any atom is -0.321 e. The first-order valence-corrected chi connectivity index (χ1v) is 9.26. The van der Waals surface area contributed by atoms with Crippen molar-refractivity contribution in [3.8, 4) is 0 Å². The summed E-state index contributed by atoms with van der Waals surface area (Å²) < 4.78 is 0. The minimum absolute atomic E-state index is 0.0715. The lowest BCUT2D eigenvalue weighted by Gasteiger charge is -2.07. The Bertz CT molecular complexity index is 946. The van der Waals surface area contributed by atoms with E-state index in [1.165, 1.54) is 11.3 Å². The maximum absolute atomic E-state index is 12.6. The predicted molar refractivity (Wildman–Crippen MR) is 105 cm³/mol. The van der Waals surface area contributed by atoms with E-state index in [0.717, 1.165) is 10.7 Å². The zero-order valence-corrected chi connectivity index (χ0v) is 15.8. The van der Waals surface area contributed by atoms with Gasteiger partial charge in [0.15, 0.2) is 5.78 Å². The summed E-state index contributed by atoms with van der Waals surface area (Å²) in [5.41, 5.74) is 2.48. The molecule has 0 aliphatic carbocycles. The van der Waals surface area contributed by atoms with Crippen molar-refractivity contribution in [3.63, 3.8) is 0 Å². The number of benzene rings is 2. The number of aromatic nitrogens is 1. The standard InChI is InChI=1S/C21H20N2O2S/c1-13(2)21-22-14(3)19(26-21)20(25)23-17-11-7-10-16(12-17)18(24)15-8-5-4-6-9-15/h4-13H,1-3H3,(H,23,25). The van der Waals surface area contributed by atoms with Crippen molar-refractivity contribution in [1.29, 1.82) is 0 Å². The molecule has 0 unspecified atom stereocenters. The molecule has 0 fully saturated rings. The molecule has 0 saturated carbocycles. The summed E-state index contributed by atoms with van der Waals surface area (Å²) >= 11 is 1.41. The zero-order chi connectivity index (χ0) is 18.7. The van der Waals surface area contributed by atoms with Crippen molar-refractivity contribution < 1.29 is 9.59 Å². The van der Waals surface area contributed by atoms with Crippen LogP contribution in [0.15, 0.2) is 54.6 Å². The molecule has 1 heterocycles. The predicted octanol–water partition coefficient (Wildman–Crippen LogP) is 5.06. The van der Waals surface area contributed by atoms with E-state index in [4.69, 9.17) is 0 Å². The topological polar surface area (TPSA) is 59.1 Å². The molecular weight excluding hydrogens is 344 g/mol. The summed E-state index contributed by atoms with van der Waals surface area (Å²) in [6.07, 6.45) is 0. The molecule has 0 aliphatic rings. The summed E-state index contributed by atoms with van der Waals surface area (Å²) in [5, 5.41) is 3.82. The van der Waals surface area contributed by atoms with Crippen LogP contribution in [0.2, 0.25) is 0 Å². The number of ketones is 1. The Hall–Kier alpha value is -2.79. The molecule has 26 heavy (non-hydrogen) atoms. The van der Waals surface area contributed by atoms with Crippen molar-refractivity contribution in [2.45, 2.75) is 26.7 Å². The van der Waals surface area contributed by atoms with Crippen LogP contribution in [-0.4, -0.2) is 16.7 Å². The molecule has 1 N–H and O–H groups in total. The van der Waals surface area contributed by atoms with Gasteiger partial charge in [-0.2, -0.15) is 0 Å². The summed E-state index contributed by atoms with van der Waals surface area (Å²) in [5.74, 6) is 0.0149. The van der Waals surface area contributed by atoms with Crippen LogP contribution in [0, 0.1) is 6.92 Å². The Morgan fingerprint density at radius 3 is 2.35 bits per heavy atom. The van der Waals surface area contributed by atoms with E-state index in [2.05, 4.69) is 24.1 Å². The summed E-state index contributed by atoms with van der Waals surface area (Å²) in [7, 11) is 0. The second-order valence-corrected chi connectivity index (χ2v) is 7.38. The van der Waals surface area contributed by atoms with Crippen molar-refractivity contribution in [2.75, 3.05) is 5.32 Å².